The number of likely N-dealkylation sites (tertiary alicyclic amines) is 1. The molecule has 4 heterocycles. The molecule has 5 aromatic rings. The van der Waals surface area contributed by atoms with Gasteiger partial charge < -0.3 is 20.5 Å². The SMILES string of the molecule is Nc1ncnc2c1c1cc(-c3ccc(F)cc3)ccc1n2CC(=O)N1[C@@H]2C[C@@H]2C[C@H]1C(=O)Nc1cccc(Br)n1. The van der Waals surface area contributed by atoms with Crippen LogP contribution in [0.3, 0.4) is 0 Å². The minimum Gasteiger partial charge on any atom is -0.383 e. The van der Waals surface area contributed by atoms with Gasteiger partial charge in [-0.25, -0.2) is 19.3 Å². The average molecular weight is 600 g/mol. The lowest BCUT2D eigenvalue weighted by Gasteiger charge is -2.27. The Morgan fingerprint density at radius 2 is 1.85 bits per heavy atom. The van der Waals surface area contributed by atoms with Crippen molar-refractivity contribution in [2.45, 2.75) is 31.5 Å². The van der Waals surface area contributed by atoms with Crippen LogP contribution in [0.5, 0.6) is 0 Å². The lowest BCUT2D eigenvalue weighted by atomic mass is 10.0. The van der Waals surface area contributed by atoms with E-state index in [0.29, 0.717) is 39.6 Å². The maximum atomic E-state index is 13.9. The zero-order valence-corrected chi connectivity index (χ0v) is 22.7. The van der Waals surface area contributed by atoms with E-state index in [2.05, 4.69) is 36.2 Å². The van der Waals surface area contributed by atoms with Crippen LogP contribution in [0.15, 0.2) is 71.6 Å². The molecule has 0 unspecified atom stereocenters. The van der Waals surface area contributed by atoms with Gasteiger partial charge in [-0.3, -0.25) is 9.59 Å². The molecule has 1 aliphatic heterocycles. The first kappa shape index (κ1) is 24.6. The first-order chi connectivity index (χ1) is 19.4. The Kier molecular flexibility index (Phi) is 5.77. The number of anilines is 2. The largest absolute Gasteiger partial charge is 0.383 e. The number of fused-ring (bicyclic) bond motifs is 4. The molecule has 9 nitrogen and oxygen atoms in total. The van der Waals surface area contributed by atoms with E-state index < -0.39 is 6.04 Å². The van der Waals surface area contributed by atoms with Gasteiger partial charge in [0, 0.05) is 11.4 Å². The zero-order chi connectivity index (χ0) is 27.5. The van der Waals surface area contributed by atoms with Crippen LogP contribution in [0.25, 0.3) is 33.1 Å². The van der Waals surface area contributed by atoms with Crippen molar-refractivity contribution in [2.75, 3.05) is 11.1 Å². The van der Waals surface area contributed by atoms with Crippen LogP contribution in [0.4, 0.5) is 16.0 Å². The van der Waals surface area contributed by atoms with Gasteiger partial charge in [-0.2, -0.15) is 0 Å². The van der Waals surface area contributed by atoms with E-state index >= 15 is 0 Å². The summed E-state index contributed by atoms with van der Waals surface area (Å²) < 4.78 is 15.9. The number of carbonyl (C=O) groups excluding carboxylic acids is 2. The Bertz CT molecular complexity index is 1820. The van der Waals surface area contributed by atoms with E-state index in [1.807, 2.05) is 22.8 Å². The summed E-state index contributed by atoms with van der Waals surface area (Å²) in [5.41, 5.74) is 9.33. The Labute approximate surface area is 236 Å². The lowest BCUT2D eigenvalue weighted by Crippen LogP contribution is -2.46. The van der Waals surface area contributed by atoms with Gasteiger partial charge in [0.1, 0.15) is 46.6 Å². The molecule has 2 aliphatic rings. The van der Waals surface area contributed by atoms with Crippen molar-refractivity contribution in [1.82, 2.24) is 24.4 Å². The fraction of sp³-hybridized carbons (Fsp3) is 0.207. The molecule has 3 N–H and O–H groups in total. The minimum atomic E-state index is -0.574. The third kappa shape index (κ3) is 4.17. The number of hydrogen-bond donors (Lipinski definition) is 2. The second-order valence-electron chi connectivity index (χ2n) is 10.2. The van der Waals surface area contributed by atoms with E-state index in [4.69, 9.17) is 5.73 Å². The van der Waals surface area contributed by atoms with Crippen LogP contribution in [0.2, 0.25) is 0 Å². The number of nitrogens with two attached hydrogens (primary N) is 1. The van der Waals surface area contributed by atoms with Crippen molar-refractivity contribution in [3.8, 4) is 11.1 Å². The van der Waals surface area contributed by atoms with Crippen molar-refractivity contribution in [2.24, 2.45) is 5.92 Å². The first-order valence-electron chi connectivity index (χ1n) is 12.9. The summed E-state index contributed by atoms with van der Waals surface area (Å²) in [7, 11) is 0. The predicted octanol–water partition coefficient (Wildman–Crippen LogP) is 4.76. The normalized spacial score (nSPS) is 19.6. The number of rotatable bonds is 5. The number of nitrogens with one attached hydrogen (secondary N) is 1. The number of pyridine rings is 1. The third-order valence-electron chi connectivity index (χ3n) is 7.80. The van der Waals surface area contributed by atoms with Gasteiger partial charge in [-0.05, 0) is 82.2 Å². The predicted molar refractivity (Wildman–Crippen MR) is 153 cm³/mol. The third-order valence-corrected chi connectivity index (χ3v) is 8.24. The van der Waals surface area contributed by atoms with Crippen LogP contribution in [0, 0.1) is 11.7 Å². The number of aromatic nitrogens is 4. The smallest absolute Gasteiger partial charge is 0.248 e. The molecule has 1 saturated heterocycles. The van der Waals surface area contributed by atoms with E-state index in [1.54, 1.807) is 35.2 Å². The van der Waals surface area contributed by atoms with Crippen LogP contribution < -0.4 is 11.1 Å². The average Bonchev–Trinajstić information content (AvgIpc) is 3.48. The van der Waals surface area contributed by atoms with Gasteiger partial charge in [0.15, 0.2) is 0 Å². The van der Waals surface area contributed by atoms with Crippen molar-refractivity contribution in [3.63, 3.8) is 0 Å². The Morgan fingerprint density at radius 1 is 1.05 bits per heavy atom. The summed E-state index contributed by atoms with van der Waals surface area (Å²) >= 11 is 3.32. The summed E-state index contributed by atoms with van der Waals surface area (Å²) in [5.74, 6) is 0.343. The highest BCUT2D eigenvalue weighted by Crippen LogP contribution is 2.48. The van der Waals surface area contributed by atoms with Crippen molar-refractivity contribution >= 4 is 61.3 Å². The molecule has 0 bridgehead atoms. The molecular weight excluding hydrogens is 577 g/mol. The molecule has 40 heavy (non-hydrogen) atoms. The molecule has 1 saturated carbocycles. The van der Waals surface area contributed by atoms with Gasteiger partial charge in [-0.1, -0.05) is 24.3 Å². The second-order valence-corrected chi connectivity index (χ2v) is 11.0. The van der Waals surface area contributed by atoms with Crippen LogP contribution in [-0.2, 0) is 16.1 Å². The second kappa shape index (κ2) is 9.37. The number of halogens is 2. The molecule has 2 fully saturated rings. The van der Waals surface area contributed by atoms with Gasteiger partial charge in [0.25, 0.3) is 0 Å². The molecule has 7 rings (SSSR count). The highest BCUT2D eigenvalue weighted by Gasteiger charge is 2.56. The molecule has 2 aromatic carbocycles. The summed E-state index contributed by atoms with van der Waals surface area (Å²) in [6.45, 7) is -0.00547. The Morgan fingerprint density at radius 3 is 2.65 bits per heavy atom. The minimum absolute atomic E-state index is 0.00547. The maximum absolute atomic E-state index is 13.9. The molecule has 200 valence electrons. The highest BCUT2D eigenvalue weighted by atomic mass is 79.9. The fourth-order valence-electron chi connectivity index (χ4n) is 5.87. The molecular formula is C29H23BrFN7O2. The number of amides is 2. The van der Waals surface area contributed by atoms with Gasteiger partial charge in [0.2, 0.25) is 11.8 Å². The van der Waals surface area contributed by atoms with Crippen molar-refractivity contribution < 1.29 is 14.0 Å². The zero-order valence-electron chi connectivity index (χ0n) is 21.1. The Balaban J connectivity index is 1.23. The van der Waals surface area contributed by atoms with Crippen LogP contribution >= 0.6 is 15.9 Å². The monoisotopic (exact) mass is 599 g/mol. The summed E-state index contributed by atoms with van der Waals surface area (Å²) in [6, 6.07) is 16.8. The number of piperidine rings is 1. The number of hydrogen-bond acceptors (Lipinski definition) is 6. The van der Waals surface area contributed by atoms with Crippen molar-refractivity contribution in [1.29, 1.82) is 0 Å². The van der Waals surface area contributed by atoms with Gasteiger partial charge in [0.05, 0.1) is 10.9 Å². The number of nitrogen functional groups attached to an aromatic ring is 1. The quantitative estimate of drug-likeness (QED) is 0.281. The fourth-order valence-corrected chi connectivity index (χ4v) is 6.22. The van der Waals surface area contributed by atoms with E-state index in [1.165, 1.54) is 18.5 Å². The maximum Gasteiger partial charge on any atom is 0.248 e. The first-order valence-corrected chi connectivity index (χ1v) is 13.7. The Hall–Kier alpha value is -4.38. The highest BCUT2D eigenvalue weighted by molar-refractivity contribution is 9.10. The van der Waals surface area contributed by atoms with Crippen LogP contribution in [0.1, 0.15) is 12.8 Å². The molecule has 3 atom stereocenters. The molecule has 0 radical (unpaired) electrons. The van der Waals surface area contributed by atoms with Crippen molar-refractivity contribution in [3.05, 3.63) is 77.4 Å². The molecule has 1 aliphatic carbocycles. The number of carbonyl (C=O) groups is 2. The van der Waals surface area contributed by atoms with Gasteiger partial charge >= 0.3 is 0 Å². The lowest BCUT2D eigenvalue weighted by molar-refractivity contribution is -0.138. The number of nitrogens with zero attached hydrogens (tertiary/aromatic N) is 5. The van der Waals surface area contributed by atoms with E-state index in [0.717, 1.165) is 28.5 Å². The molecule has 3 aromatic heterocycles. The standard InChI is InChI=1S/C29H23BrFN7O2/c30-23-2-1-3-24(35-23)36-29(40)22-12-17-11-21(17)38(22)25(39)13-37-20-9-6-16(15-4-7-18(31)8-5-15)10-19(20)26-27(32)33-14-34-28(26)37/h1-10,14,17,21-22H,11-13H2,(H2,32,33,34)(H,35,36,40)/t17-,21-,22+/m1/s1. The number of benzene rings is 2. The van der Waals surface area contributed by atoms with Crippen LogP contribution in [-0.4, -0.2) is 48.3 Å². The summed E-state index contributed by atoms with van der Waals surface area (Å²) in [6.07, 6.45) is 2.90. The topological polar surface area (TPSA) is 119 Å². The van der Waals surface area contributed by atoms with E-state index in [-0.39, 0.29) is 30.2 Å². The molecule has 11 heteroatoms. The van der Waals surface area contributed by atoms with E-state index in [9.17, 15) is 14.0 Å². The van der Waals surface area contributed by atoms with Gasteiger partial charge in [-0.15, -0.1) is 0 Å². The summed E-state index contributed by atoms with van der Waals surface area (Å²) in [5, 5.41) is 4.30. The molecule has 0 spiro atoms. The summed E-state index contributed by atoms with van der Waals surface area (Å²) in [4.78, 5) is 41.8. The molecule has 2 amide bonds.